The molecule has 0 saturated carbocycles. The molecule has 0 unspecified atom stereocenters. The standard InChI is InChI=1S/C11H16ClN/c1-7(2)13-10-5-8(3)11(12)9(4)6-10/h5-7,13H,1-4H3. The van der Waals surface area contributed by atoms with Gasteiger partial charge in [-0.25, -0.2) is 0 Å². The molecule has 0 aliphatic heterocycles. The van der Waals surface area contributed by atoms with Crippen LogP contribution >= 0.6 is 11.6 Å². The smallest absolute Gasteiger partial charge is 0.0465 e. The third-order valence-corrected chi connectivity index (χ3v) is 2.49. The zero-order valence-electron chi connectivity index (χ0n) is 8.61. The highest BCUT2D eigenvalue weighted by Gasteiger charge is 2.02. The molecule has 0 aliphatic rings. The monoisotopic (exact) mass is 197 g/mol. The van der Waals surface area contributed by atoms with E-state index in [4.69, 9.17) is 11.6 Å². The molecule has 2 heteroatoms. The Morgan fingerprint density at radius 2 is 1.62 bits per heavy atom. The number of hydrogen-bond acceptors (Lipinski definition) is 1. The Kier molecular flexibility index (Phi) is 3.21. The minimum atomic E-state index is 0.458. The van der Waals surface area contributed by atoms with Crippen LogP contribution in [0.15, 0.2) is 12.1 Å². The Morgan fingerprint density at radius 3 is 2.00 bits per heavy atom. The molecule has 0 radical (unpaired) electrons. The van der Waals surface area contributed by atoms with Crippen molar-refractivity contribution in [1.82, 2.24) is 0 Å². The molecule has 0 atom stereocenters. The fourth-order valence-corrected chi connectivity index (χ4v) is 1.47. The molecule has 1 aromatic carbocycles. The van der Waals surface area contributed by atoms with Gasteiger partial charge in [0.15, 0.2) is 0 Å². The largest absolute Gasteiger partial charge is 0.383 e. The normalized spacial score (nSPS) is 10.6. The molecular weight excluding hydrogens is 182 g/mol. The Hall–Kier alpha value is -0.690. The van der Waals surface area contributed by atoms with E-state index >= 15 is 0 Å². The van der Waals surface area contributed by atoms with Crippen molar-refractivity contribution in [3.05, 3.63) is 28.3 Å². The van der Waals surface area contributed by atoms with E-state index in [9.17, 15) is 0 Å². The second-order valence-electron chi connectivity index (χ2n) is 3.72. The van der Waals surface area contributed by atoms with Crippen molar-refractivity contribution in [3.63, 3.8) is 0 Å². The molecule has 0 saturated heterocycles. The fraction of sp³-hybridized carbons (Fsp3) is 0.455. The molecule has 1 nitrogen and oxygen atoms in total. The molecular formula is C11H16ClN. The Morgan fingerprint density at radius 1 is 1.15 bits per heavy atom. The molecule has 1 aromatic rings. The lowest BCUT2D eigenvalue weighted by Gasteiger charge is -2.12. The highest BCUT2D eigenvalue weighted by molar-refractivity contribution is 6.32. The summed E-state index contributed by atoms with van der Waals surface area (Å²) < 4.78 is 0. The lowest BCUT2D eigenvalue weighted by atomic mass is 10.1. The average Bonchev–Trinajstić information content (AvgIpc) is 1.98. The summed E-state index contributed by atoms with van der Waals surface area (Å²) in [7, 11) is 0. The summed E-state index contributed by atoms with van der Waals surface area (Å²) in [5, 5.41) is 4.22. The summed E-state index contributed by atoms with van der Waals surface area (Å²) in [5.74, 6) is 0. The maximum absolute atomic E-state index is 6.06. The summed E-state index contributed by atoms with van der Waals surface area (Å²) in [6.45, 7) is 8.31. The highest BCUT2D eigenvalue weighted by atomic mass is 35.5. The summed E-state index contributed by atoms with van der Waals surface area (Å²) in [4.78, 5) is 0. The molecule has 0 spiro atoms. The third-order valence-electron chi connectivity index (χ3n) is 1.89. The van der Waals surface area contributed by atoms with Gasteiger partial charge in [-0.1, -0.05) is 11.6 Å². The van der Waals surface area contributed by atoms with Gasteiger partial charge in [-0.05, 0) is 51.0 Å². The van der Waals surface area contributed by atoms with E-state index in [1.54, 1.807) is 0 Å². The van der Waals surface area contributed by atoms with Crippen LogP contribution in [-0.4, -0.2) is 6.04 Å². The maximum Gasteiger partial charge on any atom is 0.0465 e. The van der Waals surface area contributed by atoms with Gasteiger partial charge in [0.2, 0.25) is 0 Å². The van der Waals surface area contributed by atoms with Crippen molar-refractivity contribution >= 4 is 17.3 Å². The topological polar surface area (TPSA) is 12.0 Å². The number of hydrogen-bond donors (Lipinski definition) is 1. The van der Waals surface area contributed by atoms with E-state index in [0.29, 0.717) is 6.04 Å². The van der Waals surface area contributed by atoms with Crippen molar-refractivity contribution in [2.45, 2.75) is 33.7 Å². The number of aryl methyl sites for hydroxylation is 2. The Labute approximate surface area is 85.1 Å². The predicted molar refractivity (Wildman–Crippen MR) is 59.7 cm³/mol. The van der Waals surface area contributed by atoms with E-state index in [2.05, 4.69) is 31.3 Å². The van der Waals surface area contributed by atoms with Crippen LogP contribution in [0.2, 0.25) is 5.02 Å². The molecule has 0 aromatic heterocycles. The van der Waals surface area contributed by atoms with Crippen LogP contribution in [0.1, 0.15) is 25.0 Å². The van der Waals surface area contributed by atoms with E-state index in [-0.39, 0.29) is 0 Å². The van der Waals surface area contributed by atoms with Crippen LogP contribution in [0.4, 0.5) is 5.69 Å². The van der Waals surface area contributed by atoms with Crippen molar-refractivity contribution in [2.75, 3.05) is 5.32 Å². The van der Waals surface area contributed by atoms with Crippen LogP contribution in [0.3, 0.4) is 0 Å². The lowest BCUT2D eigenvalue weighted by molar-refractivity contribution is 0.899. The van der Waals surface area contributed by atoms with Crippen LogP contribution in [0, 0.1) is 13.8 Å². The van der Waals surface area contributed by atoms with E-state index in [1.165, 1.54) is 0 Å². The van der Waals surface area contributed by atoms with Crippen LogP contribution < -0.4 is 5.32 Å². The van der Waals surface area contributed by atoms with Gasteiger partial charge in [-0.15, -0.1) is 0 Å². The van der Waals surface area contributed by atoms with Gasteiger partial charge in [-0.2, -0.15) is 0 Å². The minimum Gasteiger partial charge on any atom is -0.383 e. The van der Waals surface area contributed by atoms with Crippen molar-refractivity contribution < 1.29 is 0 Å². The second-order valence-corrected chi connectivity index (χ2v) is 4.10. The van der Waals surface area contributed by atoms with Gasteiger partial charge in [0, 0.05) is 16.8 Å². The van der Waals surface area contributed by atoms with Crippen molar-refractivity contribution in [1.29, 1.82) is 0 Å². The zero-order valence-corrected chi connectivity index (χ0v) is 9.37. The zero-order chi connectivity index (χ0) is 10.0. The average molecular weight is 198 g/mol. The van der Waals surface area contributed by atoms with Gasteiger partial charge < -0.3 is 5.32 Å². The van der Waals surface area contributed by atoms with E-state index in [1.807, 2.05) is 13.8 Å². The summed E-state index contributed by atoms with van der Waals surface area (Å²) in [6.07, 6.45) is 0. The van der Waals surface area contributed by atoms with Crippen LogP contribution in [0.5, 0.6) is 0 Å². The van der Waals surface area contributed by atoms with Crippen molar-refractivity contribution in [3.8, 4) is 0 Å². The lowest BCUT2D eigenvalue weighted by Crippen LogP contribution is -2.09. The van der Waals surface area contributed by atoms with E-state index < -0.39 is 0 Å². The first-order valence-electron chi connectivity index (χ1n) is 4.54. The first-order chi connectivity index (χ1) is 6.00. The molecule has 0 aliphatic carbocycles. The molecule has 72 valence electrons. The Balaban J connectivity index is 2.99. The minimum absolute atomic E-state index is 0.458. The molecule has 13 heavy (non-hydrogen) atoms. The van der Waals surface area contributed by atoms with Crippen LogP contribution in [-0.2, 0) is 0 Å². The molecule has 0 bridgehead atoms. The van der Waals surface area contributed by atoms with Gasteiger partial charge in [0.05, 0.1) is 0 Å². The SMILES string of the molecule is Cc1cc(NC(C)C)cc(C)c1Cl. The first kappa shape index (κ1) is 10.4. The number of halogens is 1. The summed E-state index contributed by atoms with van der Waals surface area (Å²) in [6, 6.07) is 4.62. The molecule has 0 fully saturated rings. The van der Waals surface area contributed by atoms with Gasteiger partial charge >= 0.3 is 0 Å². The van der Waals surface area contributed by atoms with Crippen molar-refractivity contribution in [2.24, 2.45) is 0 Å². The Bertz CT molecular complexity index is 282. The number of anilines is 1. The van der Waals surface area contributed by atoms with Gasteiger partial charge in [-0.3, -0.25) is 0 Å². The molecule has 0 heterocycles. The molecule has 1 rings (SSSR count). The summed E-state index contributed by atoms with van der Waals surface area (Å²) >= 11 is 6.06. The number of rotatable bonds is 2. The highest BCUT2D eigenvalue weighted by Crippen LogP contribution is 2.24. The predicted octanol–water partition coefficient (Wildman–Crippen LogP) is 3.78. The summed E-state index contributed by atoms with van der Waals surface area (Å²) in [5.41, 5.74) is 3.41. The fourth-order valence-electron chi connectivity index (χ4n) is 1.36. The van der Waals surface area contributed by atoms with Gasteiger partial charge in [0.1, 0.15) is 0 Å². The number of benzene rings is 1. The third kappa shape index (κ3) is 2.63. The van der Waals surface area contributed by atoms with E-state index in [0.717, 1.165) is 21.8 Å². The quantitative estimate of drug-likeness (QED) is 0.761. The van der Waals surface area contributed by atoms with Gasteiger partial charge in [0.25, 0.3) is 0 Å². The maximum atomic E-state index is 6.06. The second kappa shape index (κ2) is 4.01. The number of nitrogens with one attached hydrogen (secondary N) is 1. The molecule has 1 N–H and O–H groups in total. The molecule has 0 amide bonds. The first-order valence-corrected chi connectivity index (χ1v) is 4.92. The van der Waals surface area contributed by atoms with Crippen LogP contribution in [0.25, 0.3) is 0 Å².